The van der Waals surface area contributed by atoms with Crippen molar-refractivity contribution in [2.75, 3.05) is 17.2 Å². The highest BCUT2D eigenvalue weighted by molar-refractivity contribution is 8.00. The molecule has 1 atom stereocenters. The molecule has 1 N–H and O–H groups in total. The highest BCUT2D eigenvalue weighted by Crippen LogP contribution is 2.49. The molecule has 0 radical (unpaired) electrons. The lowest BCUT2D eigenvalue weighted by atomic mass is 9.88. The van der Waals surface area contributed by atoms with E-state index in [2.05, 4.69) is 43.6 Å². The number of hydrogen-bond acceptors (Lipinski definition) is 5. The van der Waals surface area contributed by atoms with Gasteiger partial charge >= 0.3 is 0 Å². The van der Waals surface area contributed by atoms with Crippen LogP contribution in [0.5, 0.6) is 0 Å². The van der Waals surface area contributed by atoms with Gasteiger partial charge in [0.2, 0.25) is 11.8 Å². The van der Waals surface area contributed by atoms with E-state index in [9.17, 15) is 9.59 Å². The van der Waals surface area contributed by atoms with Crippen LogP contribution in [-0.4, -0.2) is 39.9 Å². The van der Waals surface area contributed by atoms with Crippen LogP contribution >= 0.6 is 23.1 Å². The fourth-order valence-corrected chi connectivity index (χ4v) is 6.36. The van der Waals surface area contributed by atoms with Gasteiger partial charge in [0.1, 0.15) is 12.4 Å². The van der Waals surface area contributed by atoms with Crippen molar-refractivity contribution >= 4 is 40.7 Å². The molecule has 0 bridgehead atoms. The maximum absolute atomic E-state index is 13.5. The molecule has 2 aromatic heterocycles. The Morgan fingerprint density at radius 3 is 2.62 bits per heavy atom. The van der Waals surface area contributed by atoms with Gasteiger partial charge in [-0.25, -0.2) is 4.68 Å². The van der Waals surface area contributed by atoms with Gasteiger partial charge < -0.3 is 5.32 Å². The van der Waals surface area contributed by atoms with Crippen molar-refractivity contribution in [3.8, 4) is 5.69 Å². The molecule has 1 aromatic carbocycles. The number of hydrogen-bond donors (Lipinski definition) is 1. The standard InChI is InChI=1S/C26H32N4O2S2/c1-16(2)27-20(31)14-29-21(32)15-34-23(19-11-8-12-33-19)22-24(26(4,5)6)28-30(25(22)29)18-10-7-9-17(3)13-18/h7-13,16,23H,14-15H2,1-6H3,(H,27,31)/t23-/m1/s1. The van der Waals surface area contributed by atoms with Gasteiger partial charge in [-0.05, 0) is 49.9 Å². The summed E-state index contributed by atoms with van der Waals surface area (Å²) in [6.45, 7) is 12.3. The molecular formula is C26H32N4O2S2. The Bertz CT molecular complexity index is 1190. The Balaban J connectivity index is 2.00. The zero-order chi connectivity index (χ0) is 24.6. The second kappa shape index (κ2) is 9.58. The number of aryl methyl sites for hydroxylation is 1. The lowest BCUT2D eigenvalue weighted by Gasteiger charge is -2.24. The van der Waals surface area contributed by atoms with Gasteiger partial charge in [-0.1, -0.05) is 39.0 Å². The summed E-state index contributed by atoms with van der Waals surface area (Å²) in [4.78, 5) is 29.2. The SMILES string of the molecule is Cc1cccc(-n2nc(C(C)(C)C)c3c2N(CC(=O)NC(C)C)C(=O)CS[C@@H]3c2cccs2)c1. The van der Waals surface area contributed by atoms with Gasteiger partial charge in [0.15, 0.2) is 0 Å². The summed E-state index contributed by atoms with van der Waals surface area (Å²) in [6, 6.07) is 12.3. The molecule has 0 saturated heterocycles. The Morgan fingerprint density at radius 2 is 2.00 bits per heavy atom. The van der Waals surface area contributed by atoms with Crippen LogP contribution in [0.4, 0.5) is 5.82 Å². The first-order valence-corrected chi connectivity index (χ1v) is 13.4. The summed E-state index contributed by atoms with van der Waals surface area (Å²) >= 11 is 3.30. The van der Waals surface area contributed by atoms with Crippen molar-refractivity contribution in [2.45, 2.75) is 58.2 Å². The van der Waals surface area contributed by atoms with Gasteiger partial charge in [0.05, 0.1) is 22.4 Å². The first-order chi connectivity index (χ1) is 16.1. The van der Waals surface area contributed by atoms with E-state index in [1.807, 2.05) is 49.7 Å². The van der Waals surface area contributed by atoms with E-state index in [0.717, 1.165) is 22.5 Å². The van der Waals surface area contributed by atoms with Crippen molar-refractivity contribution in [3.63, 3.8) is 0 Å². The molecule has 0 spiro atoms. The van der Waals surface area contributed by atoms with E-state index in [4.69, 9.17) is 5.10 Å². The first kappa shape index (κ1) is 24.5. The Morgan fingerprint density at radius 1 is 1.24 bits per heavy atom. The molecule has 0 aliphatic carbocycles. The Kier molecular flexibility index (Phi) is 6.92. The van der Waals surface area contributed by atoms with Crippen LogP contribution in [-0.2, 0) is 15.0 Å². The topological polar surface area (TPSA) is 67.2 Å². The third-order valence-electron chi connectivity index (χ3n) is 5.60. The van der Waals surface area contributed by atoms with E-state index in [-0.39, 0.29) is 35.1 Å². The number of carbonyl (C=O) groups excluding carboxylic acids is 2. The van der Waals surface area contributed by atoms with Crippen LogP contribution in [0.1, 0.15) is 61.6 Å². The largest absolute Gasteiger partial charge is 0.352 e. The molecule has 3 aromatic rings. The third-order valence-corrected chi connectivity index (χ3v) is 7.92. The molecule has 34 heavy (non-hydrogen) atoms. The maximum atomic E-state index is 13.5. The van der Waals surface area contributed by atoms with Gasteiger partial charge in [0, 0.05) is 21.9 Å². The average Bonchev–Trinajstić information content (AvgIpc) is 3.38. The minimum atomic E-state index is -0.255. The monoisotopic (exact) mass is 496 g/mol. The van der Waals surface area contributed by atoms with Gasteiger partial charge in [-0.3, -0.25) is 14.5 Å². The van der Waals surface area contributed by atoms with Crippen LogP contribution in [0.25, 0.3) is 5.69 Å². The van der Waals surface area contributed by atoms with E-state index in [1.165, 1.54) is 4.88 Å². The van der Waals surface area contributed by atoms with Gasteiger partial charge in [-0.15, -0.1) is 23.1 Å². The van der Waals surface area contributed by atoms with Crippen molar-refractivity contribution < 1.29 is 9.59 Å². The molecule has 0 unspecified atom stereocenters. The van der Waals surface area contributed by atoms with Crippen LogP contribution in [0.3, 0.4) is 0 Å². The number of aromatic nitrogens is 2. The number of fused-ring (bicyclic) bond motifs is 1. The molecule has 1 aliphatic heterocycles. The van der Waals surface area contributed by atoms with Gasteiger partial charge in [-0.2, -0.15) is 5.10 Å². The molecule has 2 amide bonds. The smallest absolute Gasteiger partial charge is 0.240 e. The fourth-order valence-electron chi connectivity index (χ4n) is 4.19. The average molecular weight is 497 g/mol. The molecular weight excluding hydrogens is 464 g/mol. The predicted molar refractivity (Wildman–Crippen MR) is 141 cm³/mol. The second-order valence-electron chi connectivity index (χ2n) is 10.00. The van der Waals surface area contributed by atoms with E-state index in [1.54, 1.807) is 28.0 Å². The number of benzene rings is 1. The minimum Gasteiger partial charge on any atom is -0.352 e. The Labute approximate surface area is 209 Å². The summed E-state index contributed by atoms with van der Waals surface area (Å²) in [5.74, 6) is 0.730. The maximum Gasteiger partial charge on any atom is 0.240 e. The molecule has 4 rings (SSSR count). The van der Waals surface area contributed by atoms with E-state index >= 15 is 0 Å². The molecule has 6 nitrogen and oxygen atoms in total. The molecule has 180 valence electrons. The normalized spacial score (nSPS) is 16.5. The summed E-state index contributed by atoms with van der Waals surface area (Å²) in [6.07, 6.45) is 0. The number of carbonyl (C=O) groups is 2. The highest BCUT2D eigenvalue weighted by atomic mass is 32.2. The number of rotatable bonds is 5. The van der Waals surface area contributed by atoms with Crippen molar-refractivity contribution in [2.24, 2.45) is 0 Å². The van der Waals surface area contributed by atoms with E-state index < -0.39 is 0 Å². The first-order valence-electron chi connectivity index (χ1n) is 11.5. The summed E-state index contributed by atoms with van der Waals surface area (Å²) < 4.78 is 1.87. The quantitative estimate of drug-likeness (QED) is 0.525. The number of nitrogens with one attached hydrogen (secondary N) is 1. The summed E-state index contributed by atoms with van der Waals surface area (Å²) in [7, 11) is 0. The van der Waals surface area contributed by atoms with E-state index in [0.29, 0.717) is 11.6 Å². The number of thioether (sulfide) groups is 1. The highest BCUT2D eigenvalue weighted by Gasteiger charge is 2.40. The van der Waals surface area contributed by atoms with Crippen LogP contribution in [0.2, 0.25) is 0 Å². The fraction of sp³-hybridized carbons (Fsp3) is 0.423. The number of thiophene rings is 1. The summed E-state index contributed by atoms with van der Waals surface area (Å²) in [5.41, 5.74) is 3.69. The van der Waals surface area contributed by atoms with Gasteiger partial charge in [0.25, 0.3) is 0 Å². The van der Waals surface area contributed by atoms with Crippen molar-refractivity contribution in [3.05, 3.63) is 63.5 Å². The lowest BCUT2D eigenvalue weighted by Crippen LogP contribution is -2.44. The third kappa shape index (κ3) is 4.93. The molecule has 3 heterocycles. The molecule has 8 heteroatoms. The second-order valence-corrected chi connectivity index (χ2v) is 12.1. The molecule has 1 aliphatic rings. The van der Waals surface area contributed by atoms with Crippen LogP contribution < -0.4 is 10.2 Å². The molecule has 0 fully saturated rings. The Hall–Kier alpha value is -2.58. The zero-order valence-electron chi connectivity index (χ0n) is 20.6. The van der Waals surface area contributed by atoms with Crippen molar-refractivity contribution in [1.29, 1.82) is 0 Å². The van der Waals surface area contributed by atoms with Crippen LogP contribution in [0, 0.1) is 6.92 Å². The zero-order valence-corrected chi connectivity index (χ0v) is 22.2. The predicted octanol–water partition coefficient (Wildman–Crippen LogP) is 5.23. The van der Waals surface area contributed by atoms with Crippen LogP contribution in [0.15, 0.2) is 41.8 Å². The number of amides is 2. The molecule has 0 saturated carbocycles. The minimum absolute atomic E-state index is 0.00545. The van der Waals surface area contributed by atoms with Crippen molar-refractivity contribution in [1.82, 2.24) is 15.1 Å². The number of nitrogens with zero attached hydrogens (tertiary/aromatic N) is 3. The number of anilines is 1. The lowest BCUT2D eigenvalue weighted by molar-refractivity contribution is -0.123. The summed E-state index contributed by atoms with van der Waals surface area (Å²) in [5, 5.41) is 10.1.